The number of H-pyrrole nitrogens is 1. The lowest BCUT2D eigenvalue weighted by Crippen LogP contribution is -1.81. The highest BCUT2D eigenvalue weighted by molar-refractivity contribution is 6.42. The smallest absolute Gasteiger partial charge is 0.153 e. The molecule has 2 nitrogen and oxygen atoms in total. The summed E-state index contributed by atoms with van der Waals surface area (Å²) in [5, 5.41) is 0.782. The van der Waals surface area contributed by atoms with Crippen molar-refractivity contribution in [2.75, 3.05) is 0 Å². The second-order valence-electron chi connectivity index (χ2n) is 4.00. The van der Waals surface area contributed by atoms with Gasteiger partial charge in [0.1, 0.15) is 17.2 Å². The number of halogens is 4. The van der Waals surface area contributed by atoms with Crippen LogP contribution in [0, 0.1) is 11.6 Å². The molecule has 0 aliphatic carbocycles. The molecule has 1 heterocycles. The SMILES string of the molecule is Fc1cc(F)c2nc(-c3ccc(Cl)c(Cl)c3)[nH]c2c1. The molecule has 0 amide bonds. The summed E-state index contributed by atoms with van der Waals surface area (Å²) in [5.74, 6) is -0.968. The van der Waals surface area contributed by atoms with Gasteiger partial charge in [-0.05, 0) is 24.3 Å². The summed E-state index contributed by atoms with van der Waals surface area (Å²) >= 11 is 11.7. The number of nitrogens with one attached hydrogen (secondary N) is 1. The van der Waals surface area contributed by atoms with Gasteiger partial charge in [-0.25, -0.2) is 13.8 Å². The highest BCUT2D eigenvalue weighted by Gasteiger charge is 2.11. The molecule has 0 aliphatic rings. The van der Waals surface area contributed by atoms with Gasteiger partial charge in [0.2, 0.25) is 0 Å². The maximum absolute atomic E-state index is 13.5. The summed E-state index contributed by atoms with van der Waals surface area (Å²) in [4.78, 5) is 6.94. The van der Waals surface area contributed by atoms with Crippen LogP contribution in [0.5, 0.6) is 0 Å². The van der Waals surface area contributed by atoms with E-state index in [1.165, 1.54) is 6.07 Å². The normalized spacial score (nSPS) is 11.2. The summed E-state index contributed by atoms with van der Waals surface area (Å²) in [6, 6.07) is 6.90. The minimum absolute atomic E-state index is 0.0856. The van der Waals surface area contributed by atoms with E-state index in [-0.39, 0.29) is 5.52 Å². The van der Waals surface area contributed by atoms with Crippen LogP contribution in [0.4, 0.5) is 8.78 Å². The van der Waals surface area contributed by atoms with E-state index in [1.807, 2.05) is 0 Å². The number of benzene rings is 2. The quantitative estimate of drug-likeness (QED) is 0.686. The molecule has 0 saturated heterocycles. The zero-order chi connectivity index (χ0) is 13.6. The topological polar surface area (TPSA) is 28.7 Å². The molecule has 0 unspecified atom stereocenters. The van der Waals surface area contributed by atoms with Crippen molar-refractivity contribution >= 4 is 34.2 Å². The minimum Gasteiger partial charge on any atom is -0.338 e. The highest BCUT2D eigenvalue weighted by atomic mass is 35.5. The Morgan fingerprint density at radius 2 is 1.79 bits per heavy atom. The van der Waals surface area contributed by atoms with Crippen molar-refractivity contribution in [2.45, 2.75) is 0 Å². The lowest BCUT2D eigenvalue weighted by molar-refractivity contribution is 0.591. The van der Waals surface area contributed by atoms with E-state index in [2.05, 4.69) is 9.97 Å². The van der Waals surface area contributed by atoms with Crippen LogP contribution in [0.2, 0.25) is 10.0 Å². The highest BCUT2D eigenvalue weighted by Crippen LogP contribution is 2.29. The first-order valence-electron chi connectivity index (χ1n) is 5.35. The standard InChI is InChI=1S/C13H6Cl2F2N2/c14-8-2-1-6(3-9(8)15)13-18-11-5-7(16)4-10(17)12(11)19-13/h1-5H,(H,18,19). The van der Waals surface area contributed by atoms with Gasteiger partial charge in [0, 0.05) is 11.6 Å². The summed E-state index contributed by atoms with van der Waals surface area (Å²) in [7, 11) is 0. The predicted octanol–water partition coefficient (Wildman–Crippen LogP) is 4.81. The zero-order valence-electron chi connectivity index (χ0n) is 9.35. The van der Waals surface area contributed by atoms with Crippen LogP contribution in [0.3, 0.4) is 0 Å². The van der Waals surface area contributed by atoms with Crippen molar-refractivity contribution < 1.29 is 8.78 Å². The summed E-state index contributed by atoms with van der Waals surface area (Å²) in [6.45, 7) is 0. The molecule has 0 saturated carbocycles. The van der Waals surface area contributed by atoms with Crippen LogP contribution < -0.4 is 0 Å². The Bertz CT molecular complexity index is 784. The fourth-order valence-electron chi connectivity index (χ4n) is 1.82. The van der Waals surface area contributed by atoms with Crippen LogP contribution >= 0.6 is 23.2 Å². The Hall–Kier alpha value is -1.65. The first kappa shape index (κ1) is 12.4. The van der Waals surface area contributed by atoms with E-state index < -0.39 is 11.6 Å². The van der Waals surface area contributed by atoms with Crippen LogP contribution in [0.15, 0.2) is 30.3 Å². The molecule has 0 bridgehead atoms. The molecular weight excluding hydrogens is 293 g/mol. The van der Waals surface area contributed by atoms with E-state index in [0.717, 1.165) is 6.07 Å². The maximum atomic E-state index is 13.5. The Labute approximate surface area is 117 Å². The van der Waals surface area contributed by atoms with E-state index in [0.29, 0.717) is 26.9 Å². The fraction of sp³-hybridized carbons (Fsp3) is 0. The average molecular weight is 299 g/mol. The van der Waals surface area contributed by atoms with Crippen LogP contribution in [0.25, 0.3) is 22.4 Å². The molecule has 3 aromatic rings. The Balaban J connectivity index is 2.20. The Kier molecular flexibility index (Phi) is 2.92. The molecule has 1 N–H and O–H groups in total. The monoisotopic (exact) mass is 298 g/mol. The molecule has 6 heteroatoms. The first-order chi connectivity index (χ1) is 9.04. The summed E-state index contributed by atoms with van der Waals surface area (Å²) in [5.41, 5.74) is 1.02. The third-order valence-corrected chi connectivity index (χ3v) is 3.44. The third kappa shape index (κ3) is 2.17. The fourth-order valence-corrected chi connectivity index (χ4v) is 2.12. The van der Waals surface area contributed by atoms with Gasteiger partial charge in [0.05, 0.1) is 15.6 Å². The van der Waals surface area contributed by atoms with Gasteiger partial charge in [-0.3, -0.25) is 0 Å². The number of aromatic amines is 1. The summed E-state index contributed by atoms with van der Waals surface area (Å²) < 4.78 is 26.6. The lowest BCUT2D eigenvalue weighted by atomic mass is 10.2. The lowest BCUT2D eigenvalue weighted by Gasteiger charge is -1.99. The molecule has 0 atom stereocenters. The third-order valence-electron chi connectivity index (χ3n) is 2.70. The van der Waals surface area contributed by atoms with Crippen LogP contribution in [-0.4, -0.2) is 9.97 Å². The molecule has 0 aliphatic heterocycles. The number of imidazole rings is 1. The molecule has 0 radical (unpaired) electrons. The average Bonchev–Trinajstić information content (AvgIpc) is 2.76. The Morgan fingerprint density at radius 1 is 1.00 bits per heavy atom. The zero-order valence-corrected chi connectivity index (χ0v) is 10.9. The molecule has 0 fully saturated rings. The molecule has 1 aromatic heterocycles. The number of rotatable bonds is 1. The van der Waals surface area contributed by atoms with Crippen LogP contribution in [0.1, 0.15) is 0 Å². The maximum Gasteiger partial charge on any atom is 0.153 e. The summed E-state index contributed by atoms with van der Waals surface area (Å²) in [6.07, 6.45) is 0. The Morgan fingerprint density at radius 3 is 2.53 bits per heavy atom. The number of aromatic nitrogens is 2. The van der Waals surface area contributed by atoms with Gasteiger partial charge in [0.25, 0.3) is 0 Å². The molecule has 96 valence electrons. The van der Waals surface area contributed by atoms with Crippen molar-refractivity contribution in [2.24, 2.45) is 0 Å². The second kappa shape index (κ2) is 4.47. The van der Waals surface area contributed by atoms with Gasteiger partial charge < -0.3 is 4.98 Å². The number of fused-ring (bicyclic) bond motifs is 1. The van der Waals surface area contributed by atoms with Gasteiger partial charge in [-0.15, -0.1) is 0 Å². The number of hydrogen-bond donors (Lipinski definition) is 1. The van der Waals surface area contributed by atoms with Crippen molar-refractivity contribution in [3.8, 4) is 11.4 Å². The van der Waals surface area contributed by atoms with Gasteiger partial charge in [0.15, 0.2) is 5.82 Å². The van der Waals surface area contributed by atoms with E-state index in [1.54, 1.807) is 18.2 Å². The molecule has 0 spiro atoms. The van der Waals surface area contributed by atoms with E-state index in [4.69, 9.17) is 23.2 Å². The number of nitrogens with zero attached hydrogens (tertiary/aromatic N) is 1. The van der Waals surface area contributed by atoms with Gasteiger partial charge in [-0.2, -0.15) is 0 Å². The van der Waals surface area contributed by atoms with Crippen molar-refractivity contribution in [3.63, 3.8) is 0 Å². The molecular formula is C13H6Cl2F2N2. The largest absolute Gasteiger partial charge is 0.338 e. The molecule has 19 heavy (non-hydrogen) atoms. The minimum atomic E-state index is -0.711. The van der Waals surface area contributed by atoms with Crippen molar-refractivity contribution in [3.05, 3.63) is 52.0 Å². The van der Waals surface area contributed by atoms with Gasteiger partial charge in [-0.1, -0.05) is 23.2 Å². The second-order valence-corrected chi connectivity index (χ2v) is 4.81. The van der Waals surface area contributed by atoms with Crippen molar-refractivity contribution in [1.29, 1.82) is 0 Å². The molecule has 3 rings (SSSR count). The molecule has 2 aromatic carbocycles. The van der Waals surface area contributed by atoms with Crippen LogP contribution in [-0.2, 0) is 0 Å². The predicted molar refractivity (Wildman–Crippen MR) is 71.5 cm³/mol. The van der Waals surface area contributed by atoms with Gasteiger partial charge >= 0.3 is 0 Å². The first-order valence-corrected chi connectivity index (χ1v) is 6.10. The van der Waals surface area contributed by atoms with E-state index >= 15 is 0 Å². The van der Waals surface area contributed by atoms with E-state index in [9.17, 15) is 8.78 Å². The van der Waals surface area contributed by atoms with Crippen molar-refractivity contribution in [1.82, 2.24) is 9.97 Å². The number of hydrogen-bond acceptors (Lipinski definition) is 1.